The highest BCUT2D eigenvalue weighted by Gasteiger charge is 2.17. The van der Waals surface area contributed by atoms with E-state index in [1.165, 1.54) is 0 Å². The first-order valence-electron chi connectivity index (χ1n) is 12.0. The Labute approximate surface area is 230 Å². The molecule has 0 spiro atoms. The molecule has 4 aromatic carbocycles. The lowest BCUT2D eigenvalue weighted by atomic mass is 10.0. The zero-order valence-electron chi connectivity index (χ0n) is 21.2. The van der Waals surface area contributed by atoms with E-state index in [4.69, 9.17) is 35.8 Å². The number of ketones is 1. The van der Waals surface area contributed by atoms with Gasteiger partial charge in [-0.3, -0.25) is 4.79 Å². The Morgan fingerprint density at radius 3 is 1.85 bits per heavy atom. The molecule has 1 aromatic heterocycles. The molecule has 0 radical (unpaired) electrons. The van der Waals surface area contributed by atoms with E-state index in [9.17, 15) is 9.59 Å². The van der Waals surface area contributed by atoms with Crippen LogP contribution in [0, 0.1) is 0 Å². The Kier molecular flexibility index (Phi) is 7.52. The lowest BCUT2D eigenvalue weighted by Crippen LogP contribution is -2.14. The van der Waals surface area contributed by atoms with Crippen molar-refractivity contribution in [2.24, 2.45) is 0 Å². The van der Waals surface area contributed by atoms with Gasteiger partial charge in [-0.2, -0.15) is 0 Å². The van der Waals surface area contributed by atoms with Crippen molar-refractivity contribution < 1.29 is 23.8 Å². The van der Waals surface area contributed by atoms with E-state index in [0.717, 1.165) is 22.6 Å². The summed E-state index contributed by atoms with van der Waals surface area (Å²) >= 11 is 6.08. The number of halogens is 1. The first-order valence-corrected chi connectivity index (χ1v) is 12.4. The van der Waals surface area contributed by atoms with E-state index in [1.807, 2.05) is 48.5 Å². The second-order valence-electron chi connectivity index (χ2n) is 8.56. The van der Waals surface area contributed by atoms with Gasteiger partial charge in [0.2, 0.25) is 5.78 Å². The highest BCUT2D eigenvalue weighted by Crippen LogP contribution is 2.33. The predicted octanol–water partition coefficient (Wildman–Crippen LogP) is 6.67. The van der Waals surface area contributed by atoms with E-state index in [1.54, 1.807) is 56.7 Å². The largest absolute Gasteiger partial charge is 0.497 e. The molecule has 0 saturated heterocycles. The van der Waals surface area contributed by atoms with Crippen LogP contribution in [0.5, 0.6) is 11.5 Å². The molecular formula is C31H23ClN2O5. The van der Waals surface area contributed by atoms with Crippen LogP contribution < -0.4 is 9.47 Å². The standard InChI is InChI=1S/C31H23ClN2O5/c1-37-22-12-7-19(8-13-22)29-30(20-9-14-23(38-2)15-10-20)34-27-17-21(11-16-26(27)33-29)31(36)39-18-28(35)24-5-3-4-6-25(24)32/h3-17H,18H2,1-2H3. The van der Waals surface area contributed by atoms with Crippen LogP contribution in [0.25, 0.3) is 33.5 Å². The minimum atomic E-state index is -0.649. The zero-order chi connectivity index (χ0) is 27.4. The molecule has 0 aliphatic rings. The van der Waals surface area contributed by atoms with Crippen LogP contribution in [0.15, 0.2) is 91.0 Å². The van der Waals surface area contributed by atoms with Crippen LogP contribution in [0.2, 0.25) is 5.02 Å². The molecule has 0 fully saturated rings. The normalized spacial score (nSPS) is 10.7. The molecule has 0 N–H and O–H groups in total. The van der Waals surface area contributed by atoms with Gasteiger partial charge in [-0.15, -0.1) is 0 Å². The average Bonchev–Trinajstić information content (AvgIpc) is 2.99. The van der Waals surface area contributed by atoms with E-state index in [-0.39, 0.29) is 11.3 Å². The van der Waals surface area contributed by atoms with Gasteiger partial charge in [0.05, 0.1) is 47.2 Å². The third kappa shape index (κ3) is 5.58. The van der Waals surface area contributed by atoms with Crippen molar-refractivity contribution in [2.45, 2.75) is 0 Å². The number of hydrogen-bond donors (Lipinski definition) is 0. The molecule has 7 nitrogen and oxygen atoms in total. The number of methoxy groups -OCH3 is 2. The van der Waals surface area contributed by atoms with Crippen molar-refractivity contribution in [2.75, 3.05) is 20.8 Å². The topological polar surface area (TPSA) is 87.6 Å². The second kappa shape index (κ2) is 11.3. The first-order chi connectivity index (χ1) is 19.0. The van der Waals surface area contributed by atoms with Crippen molar-refractivity contribution in [1.29, 1.82) is 0 Å². The summed E-state index contributed by atoms with van der Waals surface area (Å²) < 4.78 is 15.9. The van der Waals surface area contributed by atoms with Crippen molar-refractivity contribution in [3.05, 3.63) is 107 Å². The number of ether oxygens (including phenoxy) is 3. The van der Waals surface area contributed by atoms with Gasteiger partial charge in [0, 0.05) is 16.7 Å². The second-order valence-corrected chi connectivity index (χ2v) is 8.97. The molecule has 194 valence electrons. The lowest BCUT2D eigenvalue weighted by molar-refractivity contribution is 0.0475. The smallest absolute Gasteiger partial charge is 0.338 e. The van der Waals surface area contributed by atoms with Crippen molar-refractivity contribution in [1.82, 2.24) is 9.97 Å². The molecule has 0 atom stereocenters. The number of aromatic nitrogens is 2. The van der Waals surface area contributed by atoms with E-state index in [0.29, 0.717) is 33.0 Å². The summed E-state index contributed by atoms with van der Waals surface area (Å²) in [5.41, 5.74) is 4.65. The van der Waals surface area contributed by atoms with Gasteiger partial charge in [-0.1, -0.05) is 23.7 Å². The summed E-state index contributed by atoms with van der Waals surface area (Å²) in [4.78, 5) is 35.1. The fraction of sp³-hybridized carbons (Fsp3) is 0.0968. The molecular weight excluding hydrogens is 516 g/mol. The molecule has 0 unspecified atom stereocenters. The number of carbonyl (C=O) groups excluding carboxylic acids is 2. The minimum Gasteiger partial charge on any atom is -0.497 e. The molecule has 8 heteroatoms. The highest BCUT2D eigenvalue weighted by molar-refractivity contribution is 6.34. The fourth-order valence-corrected chi connectivity index (χ4v) is 4.30. The lowest BCUT2D eigenvalue weighted by Gasteiger charge is -2.12. The van der Waals surface area contributed by atoms with Gasteiger partial charge in [0.15, 0.2) is 6.61 Å². The Hall–Kier alpha value is -4.75. The number of nitrogens with zero attached hydrogens (tertiary/aromatic N) is 2. The Morgan fingerprint density at radius 2 is 1.28 bits per heavy atom. The molecule has 5 aromatic rings. The van der Waals surface area contributed by atoms with Crippen molar-refractivity contribution in [3.8, 4) is 34.0 Å². The number of benzene rings is 4. The number of carbonyl (C=O) groups is 2. The average molecular weight is 539 g/mol. The summed E-state index contributed by atoms with van der Waals surface area (Å²) in [6.45, 7) is -0.431. The number of rotatable bonds is 8. The summed E-state index contributed by atoms with van der Waals surface area (Å²) in [5, 5.41) is 0.304. The first kappa shape index (κ1) is 25.9. The van der Waals surface area contributed by atoms with Crippen LogP contribution in [-0.4, -0.2) is 42.5 Å². The Balaban J connectivity index is 1.49. The van der Waals surface area contributed by atoms with Crippen molar-refractivity contribution in [3.63, 3.8) is 0 Å². The van der Waals surface area contributed by atoms with E-state index >= 15 is 0 Å². The van der Waals surface area contributed by atoms with E-state index in [2.05, 4.69) is 0 Å². The number of hydrogen-bond acceptors (Lipinski definition) is 7. The van der Waals surface area contributed by atoms with Crippen LogP contribution in [0.3, 0.4) is 0 Å². The molecule has 0 bridgehead atoms. The molecule has 0 amide bonds. The molecule has 0 aliphatic heterocycles. The van der Waals surface area contributed by atoms with Gasteiger partial charge in [0.25, 0.3) is 0 Å². The molecule has 5 rings (SSSR count). The summed E-state index contributed by atoms with van der Waals surface area (Å²) in [7, 11) is 3.22. The van der Waals surface area contributed by atoms with Crippen LogP contribution >= 0.6 is 11.6 Å². The van der Waals surface area contributed by atoms with Gasteiger partial charge in [-0.05, 0) is 78.9 Å². The van der Waals surface area contributed by atoms with Crippen molar-refractivity contribution >= 4 is 34.4 Å². The monoisotopic (exact) mass is 538 g/mol. The van der Waals surface area contributed by atoms with Gasteiger partial charge in [0.1, 0.15) is 11.5 Å². The third-order valence-electron chi connectivity index (χ3n) is 6.14. The molecule has 0 aliphatic carbocycles. The summed E-state index contributed by atoms with van der Waals surface area (Å²) in [5.74, 6) is 0.411. The molecule has 0 saturated carbocycles. The van der Waals surface area contributed by atoms with E-state index < -0.39 is 12.6 Å². The minimum absolute atomic E-state index is 0.252. The highest BCUT2D eigenvalue weighted by atomic mass is 35.5. The number of Topliss-reactive ketones (excluding diaryl/α,β-unsaturated/α-hetero) is 1. The van der Waals surface area contributed by atoms with Gasteiger partial charge in [-0.25, -0.2) is 14.8 Å². The van der Waals surface area contributed by atoms with Gasteiger partial charge >= 0.3 is 5.97 Å². The van der Waals surface area contributed by atoms with Crippen LogP contribution in [-0.2, 0) is 4.74 Å². The maximum Gasteiger partial charge on any atom is 0.338 e. The Morgan fingerprint density at radius 1 is 0.718 bits per heavy atom. The van der Waals surface area contributed by atoms with Crippen LogP contribution in [0.4, 0.5) is 0 Å². The third-order valence-corrected chi connectivity index (χ3v) is 6.47. The maximum absolute atomic E-state index is 12.8. The zero-order valence-corrected chi connectivity index (χ0v) is 21.9. The van der Waals surface area contributed by atoms with Gasteiger partial charge < -0.3 is 14.2 Å². The number of fused-ring (bicyclic) bond motifs is 1. The number of esters is 1. The molecule has 39 heavy (non-hydrogen) atoms. The maximum atomic E-state index is 12.8. The molecule has 1 heterocycles. The predicted molar refractivity (Wildman–Crippen MR) is 150 cm³/mol. The van der Waals surface area contributed by atoms with Crippen LogP contribution in [0.1, 0.15) is 20.7 Å². The summed E-state index contributed by atoms with van der Waals surface area (Å²) in [6.07, 6.45) is 0. The fourth-order valence-electron chi connectivity index (χ4n) is 4.06. The SMILES string of the molecule is COc1ccc(-c2nc3ccc(C(=O)OCC(=O)c4ccccc4Cl)cc3nc2-c2ccc(OC)cc2)cc1. The Bertz CT molecular complexity index is 1670. The quantitative estimate of drug-likeness (QED) is 0.161. The summed E-state index contributed by atoms with van der Waals surface area (Å²) in [6, 6.07) is 26.6.